The Morgan fingerprint density at radius 3 is 2.32 bits per heavy atom. The van der Waals surface area contributed by atoms with Gasteiger partial charge in [0.25, 0.3) is 0 Å². The number of hydrogen-bond acceptors (Lipinski definition) is 4. The zero-order chi connectivity index (χ0) is 15.9. The molecule has 0 aromatic heterocycles. The lowest BCUT2D eigenvalue weighted by Crippen LogP contribution is -2.37. The molecule has 1 fully saturated rings. The van der Waals surface area contributed by atoms with Gasteiger partial charge >= 0.3 is 0 Å². The van der Waals surface area contributed by atoms with E-state index in [1.165, 1.54) is 16.4 Å². The Hall–Kier alpha value is -0.790. The van der Waals surface area contributed by atoms with Gasteiger partial charge in [-0.3, -0.25) is 4.90 Å². The lowest BCUT2D eigenvalue weighted by molar-refractivity contribution is 0.261. The molecule has 8 heteroatoms. The summed E-state index contributed by atoms with van der Waals surface area (Å²) in [7, 11) is -3.60. The van der Waals surface area contributed by atoms with Gasteiger partial charge in [0, 0.05) is 32.2 Å². The SMILES string of the molecule is Nc1c(Cl)cc(S(=O)(=O)N2CC[C@@H](N3CC=CC3)C2)cc1Cl. The maximum absolute atomic E-state index is 12.7. The molecule has 3 rings (SSSR count). The molecule has 0 radical (unpaired) electrons. The minimum atomic E-state index is -3.60. The van der Waals surface area contributed by atoms with Crippen molar-refractivity contribution in [1.29, 1.82) is 0 Å². The molecule has 0 spiro atoms. The molecular formula is C14H17Cl2N3O2S. The van der Waals surface area contributed by atoms with Crippen molar-refractivity contribution in [3.05, 3.63) is 34.3 Å². The minimum absolute atomic E-state index is 0.0943. The fraction of sp³-hybridized carbons (Fsp3) is 0.429. The number of anilines is 1. The number of rotatable bonds is 3. The van der Waals surface area contributed by atoms with E-state index in [2.05, 4.69) is 17.1 Å². The van der Waals surface area contributed by atoms with E-state index in [0.717, 1.165) is 19.5 Å². The minimum Gasteiger partial charge on any atom is -0.396 e. The predicted molar refractivity (Wildman–Crippen MR) is 88.8 cm³/mol. The van der Waals surface area contributed by atoms with Gasteiger partial charge in [0.1, 0.15) is 0 Å². The average Bonchev–Trinajstić information content (AvgIpc) is 3.14. The molecule has 2 heterocycles. The van der Waals surface area contributed by atoms with Crippen LogP contribution in [0.15, 0.2) is 29.2 Å². The van der Waals surface area contributed by atoms with Crippen molar-refractivity contribution in [2.75, 3.05) is 31.9 Å². The first-order valence-electron chi connectivity index (χ1n) is 7.03. The van der Waals surface area contributed by atoms with E-state index in [9.17, 15) is 8.42 Å². The molecule has 0 saturated carbocycles. The van der Waals surface area contributed by atoms with Crippen molar-refractivity contribution >= 4 is 38.9 Å². The molecule has 1 aromatic carbocycles. The lowest BCUT2D eigenvalue weighted by Gasteiger charge is -2.23. The van der Waals surface area contributed by atoms with Gasteiger partial charge in [-0.1, -0.05) is 35.4 Å². The molecule has 5 nitrogen and oxygen atoms in total. The van der Waals surface area contributed by atoms with Gasteiger partial charge in [0.05, 0.1) is 20.6 Å². The Kier molecular flexibility index (Phi) is 4.40. The highest BCUT2D eigenvalue weighted by atomic mass is 35.5. The summed E-state index contributed by atoms with van der Waals surface area (Å²) >= 11 is 11.9. The lowest BCUT2D eigenvalue weighted by atomic mass is 10.2. The normalized spacial score (nSPS) is 23.5. The zero-order valence-corrected chi connectivity index (χ0v) is 14.2. The van der Waals surface area contributed by atoms with Crippen LogP contribution in [0.5, 0.6) is 0 Å². The standard InChI is InChI=1S/C14H17Cl2N3O2S/c15-12-7-11(8-13(16)14(12)17)22(20,21)19-6-3-10(9-19)18-4-1-2-5-18/h1-2,7-8,10H,3-6,9,17H2/t10-/m1/s1. The molecule has 0 amide bonds. The first kappa shape index (κ1) is 16.1. The van der Waals surface area contributed by atoms with Gasteiger partial charge < -0.3 is 5.73 Å². The van der Waals surface area contributed by atoms with Crippen molar-refractivity contribution in [3.8, 4) is 0 Å². The Labute approximate surface area is 140 Å². The number of halogens is 2. The molecule has 2 aliphatic rings. The van der Waals surface area contributed by atoms with Gasteiger partial charge in [0.15, 0.2) is 0 Å². The van der Waals surface area contributed by atoms with Crippen LogP contribution in [0.2, 0.25) is 10.0 Å². The second kappa shape index (κ2) is 6.02. The second-order valence-corrected chi connectivity index (χ2v) is 8.28. The Morgan fingerprint density at radius 2 is 1.73 bits per heavy atom. The van der Waals surface area contributed by atoms with E-state index >= 15 is 0 Å². The number of hydrogen-bond donors (Lipinski definition) is 1. The summed E-state index contributed by atoms with van der Waals surface area (Å²) in [5, 5.41) is 0.316. The maximum atomic E-state index is 12.7. The molecule has 2 aliphatic heterocycles. The average molecular weight is 362 g/mol. The van der Waals surface area contributed by atoms with Crippen LogP contribution in [0, 0.1) is 0 Å². The van der Waals surface area contributed by atoms with Gasteiger partial charge in [-0.2, -0.15) is 4.31 Å². The van der Waals surface area contributed by atoms with E-state index in [1.807, 2.05) is 0 Å². The molecule has 1 atom stereocenters. The molecule has 120 valence electrons. The van der Waals surface area contributed by atoms with E-state index in [-0.39, 0.29) is 26.7 Å². The van der Waals surface area contributed by atoms with E-state index < -0.39 is 10.0 Å². The highest BCUT2D eigenvalue weighted by Gasteiger charge is 2.35. The van der Waals surface area contributed by atoms with Gasteiger partial charge in [-0.05, 0) is 18.6 Å². The summed E-state index contributed by atoms with van der Waals surface area (Å²) < 4.78 is 27.0. The van der Waals surface area contributed by atoms with Crippen molar-refractivity contribution in [3.63, 3.8) is 0 Å². The molecule has 1 saturated heterocycles. The summed E-state index contributed by atoms with van der Waals surface area (Å²) in [5.41, 5.74) is 5.87. The van der Waals surface area contributed by atoms with Crippen molar-refractivity contribution in [2.24, 2.45) is 0 Å². The maximum Gasteiger partial charge on any atom is 0.243 e. The predicted octanol–water partition coefficient (Wildman–Crippen LogP) is 2.21. The Bertz CT molecular complexity index is 690. The van der Waals surface area contributed by atoms with Gasteiger partial charge in [0.2, 0.25) is 10.0 Å². The van der Waals surface area contributed by atoms with Crippen LogP contribution in [-0.4, -0.2) is 49.8 Å². The topological polar surface area (TPSA) is 66.6 Å². The highest BCUT2D eigenvalue weighted by Crippen LogP contribution is 2.33. The zero-order valence-electron chi connectivity index (χ0n) is 11.9. The quantitative estimate of drug-likeness (QED) is 0.661. The first-order valence-corrected chi connectivity index (χ1v) is 9.23. The summed E-state index contributed by atoms with van der Waals surface area (Å²) in [5.74, 6) is 0. The van der Waals surface area contributed by atoms with E-state index in [0.29, 0.717) is 13.1 Å². The number of benzene rings is 1. The summed E-state index contributed by atoms with van der Waals surface area (Å²) in [6.45, 7) is 2.77. The third-order valence-corrected chi connectivity index (χ3v) is 6.65. The van der Waals surface area contributed by atoms with Crippen molar-refractivity contribution < 1.29 is 8.42 Å². The summed E-state index contributed by atoms with van der Waals surface area (Å²) in [4.78, 5) is 2.37. The first-order chi connectivity index (χ1) is 10.4. The van der Waals surface area contributed by atoms with Crippen LogP contribution in [0.25, 0.3) is 0 Å². The highest BCUT2D eigenvalue weighted by molar-refractivity contribution is 7.89. The molecule has 0 unspecified atom stereocenters. The monoisotopic (exact) mass is 361 g/mol. The molecule has 0 aliphatic carbocycles. The molecule has 1 aromatic rings. The third kappa shape index (κ3) is 2.86. The van der Waals surface area contributed by atoms with Crippen LogP contribution in [-0.2, 0) is 10.0 Å². The Balaban J connectivity index is 1.82. The summed E-state index contributed by atoms with van der Waals surface area (Å²) in [6.07, 6.45) is 5.05. The molecule has 0 bridgehead atoms. The smallest absolute Gasteiger partial charge is 0.243 e. The van der Waals surface area contributed by atoms with Crippen molar-refractivity contribution in [2.45, 2.75) is 17.4 Å². The summed E-state index contributed by atoms with van der Waals surface area (Å²) in [6, 6.07) is 2.98. The number of nitrogens with two attached hydrogens (primary N) is 1. The number of nitrogens with zero attached hydrogens (tertiary/aromatic N) is 2. The number of sulfonamides is 1. The third-order valence-electron chi connectivity index (χ3n) is 4.18. The van der Waals surface area contributed by atoms with Crippen LogP contribution >= 0.6 is 23.2 Å². The molecular weight excluding hydrogens is 345 g/mol. The fourth-order valence-electron chi connectivity index (χ4n) is 2.88. The van der Waals surface area contributed by atoms with Gasteiger partial charge in [-0.15, -0.1) is 0 Å². The Morgan fingerprint density at radius 1 is 1.14 bits per heavy atom. The molecule has 22 heavy (non-hydrogen) atoms. The largest absolute Gasteiger partial charge is 0.396 e. The van der Waals surface area contributed by atoms with E-state index in [4.69, 9.17) is 28.9 Å². The number of nitrogen functional groups attached to an aromatic ring is 1. The fourth-order valence-corrected chi connectivity index (χ4v) is 5.04. The second-order valence-electron chi connectivity index (χ2n) is 5.53. The van der Waals surface area contributed by atoms with E-state index in [1.54, 1.807) is 0 Å². The van der Waals surface area contributed by atoms with Crippen LogP contribution in [0.3, 0.4) is 0 Å². The van der Waals surface area contributed by atoms with Gasteiger partial charge in [-0.25, -0.2) is 8.42 Å². The van der Waals surface area contributed by atoms with Crippen molar-refractivity contribution in [1.82, 2.24) is 9.21 Å². The van der Waals surface area contributed by atoms with Crippen LogP contribution in [0.1, 0.15) is 6.42 Å². The van der Waals surface area contributed by atoms with Crippen LogP contribution < -0.4 is 5.73 Å². The molecule has 2 N–H and O–H groups in total. The van der Waals surface area contributed by atoms with Crippen LogP contribution in [0.4, 0.5) is 5.69 Å².